The van der Waals surface area contributed by atoms with Crippen molar-refractivity contribution in [1.29, 1.82) is 0 Å². The minimum Gasteiger partial charge on any atom is -0.506 e. The number of nitrogens with one attached hydrogen (secondary N) is 1. The fourth-order valence-electron chi connectivity index (χ4n) is 2.68. The number of amides is 1. The van der Waals surface area contributed by atoms with Crippen LogP contribution in [-0.2, 0) is 6.54 Å². The van der Waals surface area contributed by atoms with Crippen molar-refractivity contribution in [3.63, 3.8) is 0 Å². The molecule has 0 atom stereocenters. The van der Waals surface area contributed by atoms with Crippen LogP contribution in [0.15, 0.2) is 59.9 Å². The molecule has 1 heterocycles. The van der Waals surface area contributed by atoms with E-state index in [1.54, 1.807) is 36.4 Å². The number of pyridine rings is 1. The topological polar surface area (TPSA) is 71.3 Å². The van der Waals surface area contributed by atoms with E-state index in [4.69, 9.17) is 23.2 Å². The molecular weight excluding hydrogens is 375 g/mol. The Balaban J connectivity index is 2.16. The highest BCUT2D eigenvalue weighted by atomic mass is 35.5. The number of anilines is 1. The highest BCUT2D eigenvalue weighted by Gasteiger charge is 2.22. The number of hydrogen-bond donors (Lipinski definition) is 2. The molecule has 0 unspecified atom stereocenters. The molecule has 0 spiro atoms. The van der Waals surface area contributed by atoms with Gasteiger partial charge in [0.25, 0.3) is 11.5 Å². The van der Waals surface area contributed by atoms with Crippen molar-refractivity contribution < 1.29 is 9.90 Å². The van der Waals surface area contributed by atoms with Crippen molar-refractivity contribution >= 4 is 45.7 Å². The van der Waals surface area contributed by atoms with Gasteiger partial charge in [0.15, 0.2) is 0 Å². The third kappa shape index (κ3) is 3.19. The van der Waals surface area contributed by atoms with Crippen molar-refractivity contribution in [2.45, 2.75) is 6.54 Å². The summed E-state index contributed by atoms with van der Waals surface area (Å²) >= 11 is 11.9. The third-order valence-electron chi connectivity index (χ3n) is 3.86. The van der Waals surface area contributed by atoms with E-state index in [0.29, 0.717) is 15.9 Å². The summed E-state index contributed by atoms with van der Waals surface area (Å²) < 4.78 is 1.38. The summed E-state index contributed by atoms with van der Waals surface area (Å²) in [4.78, 5) is 25.5. The molecular formula is C19H14Cl2N2O3. The fourth-order valence-corrected chi connectivity index (χ4v) is 3.14. The van der Waals surface area contributed by atoms with Crippen molar-refractivity contribution in [3.05, 3.63) is 81.1 Å². The van der Waals surface area contributed by atoms with Crippen LogP contribution in [0.25, 0.3) is 10.9 Å². The molecule has 3 rings (SSSR count). The maximum absolute atomic E-state index is 12.8. The van der Waals surface area contributed by atoms with Gasteiger partial charge in [0, 0.05) is 17.0 Å². The Morgan fingerprint density at radius 1 is 1.23 bits per heavy atom. The second-order valence-corrected chi connectivity index (χ2v) is 6.37. The molecule has 5 nitrogen and oxygen atoms in total. The van der Waals surface area contributed by atoms with Gasteiger partial charge in [0.2, 0.25) is 0 Å². The molecule has 2 aromatic carbocycles. The number of carbonyl (C=O) groups is 1. The number of hydrogen-bond acceptors (Lipinski definition) is 3. The lowest BCUT2D eigenvalue weighted by atomic mass is 10.1. The first kappa shape index (κ1) is 18.0. The lowest BCUT2D eigenvalue weighted by molar-refractivity contribution is 0.102. The van der Waals surface area contributed by atoms with Crippen molar-refractivity contribution in [1.82, 2.24) is 4.57 Å². The van der Waals surface area contributed by atoms with Crippen LogP contribution in [0.1, 0.15) is 10.4 Å². The number of nitrogens with zero attached hydrogens (tertiary/aromatic N) is 1. The molecule has 1 aromatic heterocycles. The molecule has 3 aromatic rings. The molecule has 0 saturated carbocycles. The maximum atomic E-state index is 12.8. The predicted octanol–water partition coefficient (Wildman–Crippen LogP) is 4.45. The Bertz CT molecular complexity index is 1090. The van der Waals surface area contributed by atoms with E-state index in [1.165, 1.54) is 16.7 Å². The first-order valence-electron chi connectivity index (χ1n) is 7.66. The molecule has 26 heavy (non-hydrogen) atoms. The summed E-state index contributed by atoms with van der Waals surface area (Å²) in [6.07, 6.45) is 1.54. The van der Waals surface area contributed by atoms with Crippen molar-refractivity contribution in [3.8, 4) is 5.75 Å². The van der Waals surface area contributed by atoms with Gasteiger partial charge in [0.1, 0.15) is 11.3 Å². The number of aromatic nitrogens is 1. The van der Waals surface area contributed by atoms with Crippen LogP contribution >= 0.6 is 23.2 Å². The second-order valence-electron chi connectivity index (χ2n) is 5.52. The van der Waals surface area contributed by atoms with Crippen LogP contribution in [0.3, 0.4) is 0 Å². The quantitative estimate of drug-likeness (QED) is 0.648. The Morgan fingerprint density at radius 3 is 2.65 bits per heavy atom. The van der Waals surface area contributed by atoms with Crippen LogP contribution in [0.2, 0.25) is 10.0 Å². The fraction of sp³-hybridized carbons (Fsp3) is 0.0526. The average Bonchev–Trinajstić information content (AvgIpc) is 2.61. The Morgan fingerprint density at radius 2 is 1.96 bits per heavy atom. The summed E-state index contributed by atoms with van der Waals surface area (Å²) in [5, 5.41) is 14.1. The molecule has 0 fully saturated rings. The molecule has 0 radical (unpaired) electrons. The number of fused-ring (bicyclic) bond motifs is 1. The molecule has 0 saturated heterocycles. The van der Waals surface area contributed by atoms with E-state index < -0.39 is 11.5 Å². The van der Waals surface area contributed by atoms with E-state index in [0.717, 1.165) is 0 Å². The minimum atomic E-state index is -0.764. The predicted molar refractivity (Wildman–Crippen MR) is 104 cm³/mol. The van der Waals surface area contributed by atoms with E-state index in [-0.39, 0.29) is 28.6 Å². The van der Waals surface area contributed by atoms with Gasteiger partial charge in [-0.25, -0.2) is 0 Å². The van der Waals surface area contributed by atoms with Gasteiger partial charge in [-0.2, -0.15) is 0 Å². The lowest BCUT2D eigenvalue weighted by Crippen LogP contribution is -2.29. The zero-order chi connectivity index (χ0) is 18.8. The highest BCUT2D eigenvalue weighted by molar-refractivity contribution is 6.36. The van der Waals surface area contributed by atoms with E-state index in [1.807, 2.05) is 0 Å². The van der Waals surface area contributed by atoms with Gasteiger partial charge in [-0.05, 0) is 30.3 Å². The van der Waals surface area contributed by atoms with Gasteiger partial charge in [0.05, 0.1) is 16.2 Å². The number of para-hydroxylation sites is 1. The zero-order valence-electron chi connectivity index (χ0n) is 13.5. The molecule has 0 aliphatic carbocycles. The first-order valence-corrected chi connectivity index (χ1v) is 8.41. The van der Waals surface area contributed by atoms with Crippen LogP contribution in [0.5, 0.6) is 5.75 Å². The SMILES string of the molecule is C=CCn1c(=O)c(C(=O)Nc2ccc(Cl)cc2Cl)c(O)c2ccccc21. The van der Waals surface area contributed by atoms with E-state index in [9.17, 15) is 14.7 Å². The van der Waals surface area contributed by atoms with Gasteiger partial charge >= 0.3 is 0 Å². The minimum absolute atomic E-state index is 0.196. The summed E-state index contributed by atoms with van der Waals surface area (Å²) in [5.41, 5.74) is -0.195. The van der Waals surface area contributed by atoms with Crippen LogP contribution < -0.4 is 10.9 Å². The Hall–Kier alpha value is -2.76. The van der Waals surface area contributed by atoms with Gasteiger partial charge in [-0.3, -0.25) is 9.59 Å². The van der Waals surface area contributed by atoms with Crippen molar-refractivity contribution in [2.75, 3.05) is 5.32 Å². The molecule has 0 bridgehead atoms. The number of aromatic hydroxyl groups is 1. The van der Waals surface area contributed by atoms with Crippen LogP contribution in [-0.4, -0.2) is 15.6 Å². The van der Waals surface area contributed by atoms with E-state index in [2.05, 4.69) is 11.9 Å². The summed E-state index contributed by atoms with van der Waals surface area (Å²) in [6, 6.07) is 11.3. The maximum Gasteiger partial charge on any atom is 0.268 e. The van der Waals surface area contributed by atoms with Gasteiger partial charge in [-0.1, -0.05) is 41.4 Å². The lowest BCUT2D eigenvalue weighted by Gasteiger charge is -2.14. The average molecular weight is 389 g/mol. The molecule has 2 N–H and O–H groups in total. The van der Waals surface area contributed by atoms with Gasteiger partial charge < -0.3 is 15.0 Å². The third-order valence-corrected chi connectivity index (χ3v) is 4.41. The molecule has 0 aliphatic heterocycles. The molecule has 0 aliphatic rings. The number of carbonyl (C=O) groups excluding carboxylic acids is 1. The summed E-state index contributed by atoms with van der Waals surface area (Å²) in [7, 11) is 0. The zero-order valence-corrected chi connectivity index (χ0v) is 15.0. The standard InChI is InChI=1S/C19H14Cl2N2O3/c1-2-9-23-15-6-4-3-5-12(15)17(24)16(19(23)26)18(25)22-14-8-7-11(20)10-13(14)21/h2-8,10,24H,1,9H2,(H,22,25). The number of benzene rings is 2. The molecule has 1 amide bonds. The highest BCUT2D eigenvalue weighted by Crippen LogP contribution is 2.29. The second kappa shape index (κ2) is 7.23. The molecule has 132 valence electrons. The number of rotatable bonds is 4. The largest absolute Gasteiger partial charge is 0.506 e. The van der Waals surface area contributed by atoms with Crippen molar-refractivity contribution in [2.24, 2.45) is 0 Å². The Kier molecular flexibility index (Phi) is 5.02. The smallest absolute Gasteiger partial charge is 0.268 e. The number of halogens is 2. The summed E-state index contributed by atoms with van der Waals surface area (Å²) in [5.74, 6) is -1.14. The monoisotopic (exact) mass is 388 g/mol. The summed E-state index contributed by atoms with van der Waals surface area (Å²) in [6.45, 7) is 3.83. The van der Waals surface area contributed by atoms with Crippen LogP contribution in [0.4, 0.5) is 5.69 Å². The van der Waals surface area contributed by atoms with Crippen LogP contribution in [0, 0.1) is 0 Å². The normalized spacial score (nSPS) is 10.7. The van der Waals surface area contributed by atoms with Gasteiger partial charge in [-0.15, -0.1) is 6.58 Å². The Labute approximate surface area is 159 Å². The van der Waals surface area contributed by atoms with E-state index >= 15 is 0 Å². The first-order chi connectivity index (χ1) is 12.4. The molecule has 7 heteroatoms. The number of allylic oxidation sites excluding steroid dienone is 1.